The van der Waals surface area contributed by atoms with Gasteiger partial charge in [-0.1, -0.05) is 25.7 Å². The average molecular weight is 281 g/mol. The van der Waals surface area contributed by atoms with E-state index >= 15 is 0 Å². The van der Waals surface area contributed by atoms with Crippen molar-refractivity contribution in [3.63, 3.8) is 0 Å². The van der Waals surface area contributed by atoms with Gasteiger partial charge in [-0.05, 0) is 39.1 Å². The van der Waals surface area contributed by atoms with Gasteiger partial charge in [0.1, 0.15) is 11.6 Å². The smallest absolute Gasteiger partial charge is 0.183 e. The maximum atomic E-state index is 13.4. The number of likely N-dealkylation sites (N-methyl/N-ethyl adjacent to an activating group) is 1. The number of halogens is 2. The molecular formula is C16H21F2NO. The van der Waals surface area contributed by atoms with E-state index < -0.39 is 17.2 Å². The highest BCUT2D eigenvalue weighted by molar-refractivity contribution is 6.03. The van der Waals surface area contributed by atoms with Crippen molar-refractivity contribution in [1.82, 2.24) is 4.90 Å². The molecule has 2 rings (SSSR count). The Hall–Kier alpha value is -1.29. The minimum Gasteiger partial charge on any atom is -0.297 e. The summed E-state index contributed by atoms with van der Waals surface area (Å²) in [6.07, 6.45) is 5.66. The van der Waals surface area contributed by atoms with E-state index in [0.717, 1.165) is 56.7 Å². The fraction of sp³-hybridized carbons (Fsp3) is 0.562. The van der Waals surface area contributed by atoms with Crippen LogP contribution in [0.3, 0.4) is 0 Å². The van der Waals surface area contributed by atoms with E-state index in [1.54, 1.807) is 0 Å². The van der Waals surface area contributed by atoms with Crippen LogP contribution in [0.5, 0.6) is 0 Å². The lowest BCUT2D eigenvalue weighted by Crippen LogP contribution is -2.50. The Morgan fingerprint density at radius 1 is 1.00 bits per heavy atom. The molecule has 1 aliphatic carbocycles. The van der Waals surface area contributed by atoms with Gasteiger partial charge in [0, 0.05) is 11.6 Å². The summed E-state index contributed by atoms with van der Waals surface area (Å²) in [6, 6.07) is 3.08. The predicted octanol–water partition coefficient (Wildman–Crippen LogP) is 3.80. The van der Waals surface area contributed by atoms with Crippen LogP contribution in [0.4, 0.5) is 8.78 Å². The van der Waals surface area contributed by atoms with Gasteiger partial charge in [0.05, 0.1) is 5.54 Å². The molecule has 0 atom stereocenters. The third-order valence-electron chi connectivity index (χ3n) is 4.33. The van der Waals surface area contributed by atoms with E-state index in [4.69, 9.17) is 0 Å². The van der Waals surface area contributed by atoms with Crippen LogP contribution in [-0.4, -0.2) is 30.3 Å². The summed E-state index contributed by atoms with van der Waals surface area (Å²) in [7, 11) is 3.75. The van der Waals surface area contributed by atoms with E-state index in [1.165, 1.54) is 0 Å². The molecule has 0 saturated heterocycles. The lowest BCUT2D eigenvalue weighted by atomic mass is 9.81. The number of hydrogen-bond donors (Lipinski definition) is 0. The number of benzene rings is 1. The van der Waals surface area contributed by atoms with Crippen molar-refractivity contribution in [2.75, 3.05) is 14.1 Å². The van der Waals surface area contributed by atoms with Crippen molar-refractivity contribution in [1.29, 1.82) is 0 Å². The number of rotatable bonds is 3. The molecule has 20 heavy (non-hydrogen) atoms. The molecule has 0 aliphatic heterocycles. The fourth-order valence-electron chi connectivity index (χ4n) is 3.14. The second-order valence-electron chi connectivity index (χ2n) is 5.83. The van der Waals surface area contributed by atoms with Crippen LogP contribution in [0, 0.1) is 11.6 Å². The first-order valence-corrected chi connectivity index (χ1v) is 7.14. The standard InChI is InChI=1S/C16H21F2NO/c1-19(2)16(7-5-3-4-6-8-16)15(20)12-9-13(17)11-14(18)10-12/h9-11H,3-8H2,1-2H3. The molecule has 0 N–H and O–H groups in total. The highest BCUT2D eigenvalue weighted by Crippen LogP contribution is 2.34. The van der Waals surface area contributed by atoms with Crippen molar-refractivity contribution < 1.29 is 13.6 Å². The number of Topliss-reactive ketones (excluding diaryl/α,β-unsaturated/α-hetero) is 1. The zero-order valence-corrected chi connectivity index (χ0v) is 12.1. The second-order valence-corrected chi connectivity index (χ2v) is 5.83. The molecule has 1 aromatic rings. The van der Waals surface area contributed by atoms with Crippen LogP contribution >= 0.6 is 0 Å². The molecule has 2 nitrogen and oxygen atoms in total. The SMILES string of the molecule is CN(C)C1(C(=O)c2cc(F)cc(F)c2)CCCCCC1. The summed E-state index contributed by atoms with van der Waals surface area (Å²) in [4.78, 5) is 14.8. The largest absolute Gasteiger partial charge is 0.297 e. The Morgan fingerprint density at radius 3 is 1.95 bits per heavy atom. The Bertz CT molecular complexity index is 471. The topological polar surface area (TPSA) is 20.3 Å². The third-order valence-corrected chi connectivity index (χ3v) is 4.33. The molecule has 110 valence electrons. The normalized spacial score (nSPS) is 18.9. The minimum atomic E-state index is -0.698. The number of hydrogen-bond acceptors (Lipinski definition) is 2. The number of ketones is 1. The first-order valence-electron chi connectivity index (χ1n) is 7.14. The van der Waals surface area contributed by atoms with Gasteiger partial charge in [-0.15, -0.1) is 0 Å². The molecule has 0 bridgehead atoms. The number of nitrogens with zero attached hydrogens (tertiary/aromatic N) is 1. The van der Waals surface area contributed by atoms with Gasteiger partial charge in [0.15, 0.2) is 5.78 Å². The summed E-state index contributed by atoms with van der Waals surface area (Å²) in [5.74, 6) is -1.56. The Morgan fingerprint density at radius 2 is 1.50 bits per heavy atom. The zero-order valence-electron chi connectivity index (χ0n) is 12.1. The predicted molar refractivity (Wildman–Crippen MR) is 74.8 cm³/mol. The molecule has 0 aromatic heterocycles. The summed E-state index contributed by atoms with van der Waals surface area (Å²) in [5.41, 5.74) is -0.491. The number of carbonyl (C=O) groups excluding carboxylic acids is 1. The third kappa shape index (κ3) is 2.90. The van der Waals surface area contributed by atoms with Crippen LogP contribution in [0.25, 0.3) is 0 Å². The monoisotopic (exact) mass is 281 g/mol. The van der Waals surface area contributed by atoms with Crippen LogP contribution in [-0.2, 0) is 0 Å². The zero-order chi connectivity index (χ0) is 14.8. The van der Waals surface area contributed by atoms with Crippen molar-refractivity contribution in [3.05, 3.63) is 35.4 Å². The van der Waals surface area contributed by atoms with E-state index in [2.05, 4.69) is 0 Å². The Balaban J connectivity index is 2.40. The van der Waals surface area contributed by atoms with E-state index in [1.807, 2.05) is 19.0 Å². The molecule has 0 radical (unpaired) electrons. The van der Waals surface area contributed by atoms with Gasteiger partial charge in [-0.25, -0.2) is 8.78 Å². The highest BCUT2D eigenvalue weighted by Gasteiger charge is 2.41. The van der Waals surface area contributed by atoms with Gasteiger partial charge in [0.2, 0.25) is 0 Å². The van der Waals surface area contributed by atoms with Crippen LogP contribution < -0.4 is 0 Å². The van der Waals surface area contributed by atoms with Gasteiger partial charge >= 0.3 is 0 Å². The molecule has 0 spiro atoms. The van der Waals surface area contributed by atoms with Gasteiger partial charge in [-0.2, -0.15) is 0 Å². The highest BCUT2D eigenvalue weighted by atomic mass is 19.1. The molecule has 1 aliphatic rings. The minimum absolute atomic E-state index is 0.137. The van der Waals surface area contributed by atoms with Gasteiger partial charge in [-0.3, -0.25) is 9.69 Å². The van der Waals surface area contributed by atoms with Gasteiger partial charge in [0.25, 0.3) is 0 Å². The summed E-state index contributed by atoms with van der Waals surface area (Å²) in [6.45, 7) is 0. The van der Waals surface area contributed by atoms with E-state index in [0.29, 0.717) is 0 Å². The average Bonchev–Trinajstić information content (AvgIpc) is 2.63. The lowest BCUT2D eigenvalue weighted by Gasteiger charge is -2.38. The molecule has 0 amide bonds. The van der Waals surface area contributed by atoms with Crippen LogP contribution in [0.2, 0.25) is 0 Å². The molecule has 1 aromatic carbocycles. The molecule has 1 fully saturated rings. The maximum Gasteiger partial charge on any atom is 0.183 e. The Kier molecular flexibility index (Phi) is 4.53. The van der Waals surface area contributed by atoms with Crippen LogP contribution in [0.15, 0.2) is 18.2 Å². The quantitative estimate of drug-likeness (QED) is 0.620. The van der Waals surface area contributed by atoms with E-state index in [9.17, 15) is 13.6 Å². The van der Waals surface area contributed by atoms with Crippen molar-refractivity contribution in [3.8, 4) is 0 Å². The molecular weight excluding hydrogens is 260 g/mol. The fourth-order valence-corrected chi connectivity index (χ4v) is 3.14. The number of carbonyl (C=O) groups is 1. The first-order chi connectivity index (χ1) is 9.45. The first kappa shape index (κ1) is 15.1. The Labute approximate surface area is 118 Å². The summed E-state index contributed by atoms with van der Waals surface area (Å²) < 4.78 is 26.7. The molecule has 4 heteroatoms. The van der Waals surface area contributed by atoms with E-state index in [-0.39, 0.29) is 11.3 Å². The van der Waals surface area contributed by atoms with Crippen molar-refractivity contribution >= 4 is 5.78 Å². The lowest BCUT2D eigenvalue weighted by molar-refractivity contribution is 0.0634. The van der Waals surface area contributed by atoms with Crippen LogP contribution in [0.1, 0.15) is 48.9 Å². The second kappa shape index (κ2) is 6.00. The molecule has 0 unspecified atom stereocenters. The maximum absolute atomic E-state index is 13.4. The molecule has 1 saturated carbocycles. The van der Waals surface area contributed by atoms with Crippen molar-refractivity contribution in [2.24, 2.45) is 0 Å². The molecule has 0 heterocycles. The van der Waals surface area contributed by atoms with Crippen molar-refractivity contribution in [2.45, 2.75) is 44.1 Å². The van der Waals surface area contributed by atoms with Gasteiger partial charge < -0.3 is 0 Å². The summed E-state index contributed by atoms with van der Waals surface area (Å²) >= 11 is 0. The summed E-state index contributed by atoms with van der Waals surface area (Å²) in [5, 5.41) is 0.